The first-order valence-electron chi connectivity index (χ1n) is 8.37. The monoisotopic (exact) mass is 361 g/mol. The van der Waals surface area contributed by atoms with E-state index in [0.29, 0.717) is 17.7 Å². The number of nitrogens with zero attached hydrogens (tertiary/aromatic N) is 3. The van der Waals surface area contributed by atoms with E-state index >= 15 is 0 Å². The first-order valence-corrected chi connectivity index (χ1v) is 8.37. The van der Waals surface area contributed by atoms with Crippen molar-refractivity contribution in [1.82, 2.24) is 14.6 Å². The summed E-state index contributed by atoms with van der Waals surface area (Å²) in [6.07, 6.45) is 2.33. The van der Waals surface area contributed by atoms with Gasteiger partial charge in [-0.25, -0.2) is 14.3 Å². The zero-order chi connectivity index (χ0) is 18.8. The number of aldehydes is 1. The number of aromatic nitrogens is 3. The Labute approximate surface area is 154 Å². The van der Waals surface area contributed by atoms with Gasteiger partial charge in [-0.15, -0.1) is 0 Å². The summed E-state index contributed by atoms with van der Waals surface area (Å²) in [5, 5.41) is 4.34. The van der Waals surface area contributed by atoms with Crippen LogP contribution < -0.4 is 0 Å². The highest BCUT2D eigenvalue weighted by atomic mass is 16.5. The van der Waals surface area contributed by atoms with Crippen LogP contribution in [0.25, 0.3) is 28.2 Å². The highest BCUT2D eigenvalue weighted by Gasteiger charge is 2.15. The van der Waals surface area contributed by atoms with Gasteiger partial charge in [0.25, 0.3) is 0 Å². The van der Waals surface area contributed by atoms with Crippen LogP contribution in [0, 0.1) is 0 Å². The Bertz CT molecular complexity index is 1140. The molecule has 7 heteroatoms. The molecule has 0 spiro atoms. The number of esters is 1. The van der Waals surface area contributed by atoms with Gasteiger partial charge in [0.1, 0.15) is 5.76 Å². The standard InChI is InChI=1S/C20H15N3O4/c1-2-26-20(25)16-11-19-21-9-8-17(23(19)22-16)13-4-3-5-14(10-13)18-7-6-15(12-24)27-18/h3-12H,2H2,1H3. The van der Waals surface area contributed by atoms with Crippen LogP contribution in [0.4, 0.5) is 0 Å². The van der Waals surface area contributed by atoms with Gasteiger partial charge < -0.3 is 9.15 Å². The minimum Gasteiger partial charge on any atom is -0.461 e. The van der Waals surface area contributed by atoms with Gasteiger partial charge in [0, 0.05) is 23.4 Å². The van der Waals surface area contributed by atoms with Gasteiger partial charge in [0.2, 0.25) is 0 Å². The molecule has 0 radical (unpaired) electrons. The Kier molecular flexibility index (Phi) is 4.25. The molecule has 0 saturated heterocycles. The van der Waals surface area contributed by atoms with Gasteiger partial charge in [-0.1, -0.05) is 18.2 Å². The van der Waals surface area contributed by atoms with Crippen LogP contribution in [0.2, 0.25) is 0 Å². The maximum Gasteiger partial charge on any atom is 0.358 e. The van der Waals surface area contributed by atoms with E-state index in [0.717, 1.165) is 16.8 Å². The van der Waals surface area contributed by atoms with Crippen molar-refractivity contribution in [2.24, 2.45) is 0 Å². The molecule has 27 heavy (non-hydrogen) atoms. The van der Waals surface area contributed by atoms with Crippen molar-refractivity contribution in [2.45, 2.75) is 6.92 Å². The molecule has 7 nitrogen and oxygen atoms in total. The minimum absolute atomic E-state index is 0.203. The molecule has 4 aromatic rings. The molecule has 4 rings (SSSR count). The number of carbonyl (C=O) groups excluding carboxylic acids is 2. The Morgan fingerprint density at radius 1 is 1.19 bits per heavy atom. The van der Waals surface area contributed by atoms with Crippen LogP contribution in [0.3, 0.4) is 0 Å². The van der Waals surface area contributed by atoms with E-state index in [1.54, 1.807) is 35.8 Å². The highest BCUT2D eigenvalue weighted by Crippen LogP contribution is 2.27. The molecule has 0 aliphatic carbocycles. The zero-order valence-electron chi connectivity index (χ0n) is 14.5. The molecule has 0 aliphatic rings. The number of rotatable bonds is 5. The molecule has 0 fully saturated rings. The molecular weight excluding hydrogens is 346 g/mol. The SMILES string of the molecule is CCOC(=O)c1cc2nccc(-c3cccc(-c4ccc(C=O)o4)c3)n2n1. The van der Waals surface area contributed by atoms with Crippen molar-refractivity contribution >= 4 is 17.9 Å². The van der Waals surface area contributed by atoms with Crippen LogP contribution in [0.15, 0.2) is 59.1 Å². The second kappa shape index (κ2) is 6.87. The molecule has 0 atom stereocenters. The molecule has 0 bridgehead atoms. The second-order valence-corrected chi connectivity index (χ2v) is 5.75. The summed E-state index contributed by atoms with van der Waals surface area (Å²) in [5.41, 5.74) is 3.20. The number of benzene rings is 1. The summed E-state index contributed by atoms with van der Waals surface area (Å²) in [6.45, 7) is 2.02. The molecule has 0 amide bonds. The van der Waals surface area contributed by atoms with E-state index in [2.05, 4.69) is 10.1 Å². The van der Waals surface area contributed by atoms with Crippen LogP contribution in [0.5, 0.6) is 0 Å². The van der Waals surface area contributed by atoms with Crippen LogP contribution in [-0.2, 0) is 4.74 Å². The fourth-order valence-corrected chi connectivity index (χ4v) is 2.82. The number of hydrogen-bond donors (Lipinski definition) is 0. The average Bonchev–Trinajstić information content (AvgIpc) is 3.35. The number of ether oxygens (including phenoxy) is 1. The predicted molar refractivity (Wildman–Crippen MR) is 97.5 cm³/mol. The maximum absolute atomic E-state index is 12.0. The lowest BCUT2D eigenvalue weighted by molar-refractivity contribution is 0.0519. The third kappa shape index (κ3) is 3.10. The normalized spacial score (nSPS) is 10.9. The third-order valence-electron chi connectivity index (χ3n) is 4.03. The molecule has 0 N–H and O–H groups in total. The van der Waals surface area contributed by atoms with E-state index in [-0.39, 0.29) is 18.1 Å². The zero-order valence-corrected chi connectivity index (χ0v) is 14.5. The predicted octanol–water partition coefficient (Wildman–Crippen LogP) is 3.65. The molecule has 0 unspecified atom stereocenters. The minimum atomic E-state index is -0.486. The van der Waals surface area contributed by atoms with Crippen molar-refractivity contribution in [2.75, 3.05) is 6.61 Å². The van der Waals surface area contributed by atoms with Gasteiger partial charge in [-0.2, -0.15) is 5.10 Å². The number of carbonyl (C=O) groups is 2. The molecule has 3 heterocycles. The molecule has 0 saturated carbocycles. The van der Waals surface area contributed by atoms with Gasteiger partial charge in [0.15, 0.2) is 23.4 Å². The van der Waals surface area contributed by atoms with Crippen molar-refractivity contribution in [3.8, 4) is 22.6 Å². The van der Waals surface area contributed by atoms with E-state index in [9.17, 15) is 9.59 Å². The first kappa shape index (κ1) is 16.7. The topological polar surface area (TPSA) is 86.7 Å². The Balaban J connectivity index is 1.79. The summed E-state index contributed by atoms with van der Waals surface area (Å²) < 4.78 is 12.1. The molecule has 0 aliphatic heterocycles. The lowest BCUT2D eigenvalue weighted by Crippen LogP contribution is -2.05. The van der Waals surface area contributed by atoms with Gasteiger partial charge in [0.05, 0.1) is 12.3 Å². The van der Waals surface area contributed by atoms with Gasteiger partial charge in [-0.3, -0.25) is 4.79 Å². The highest BCUT2D eigenvalue weighted by molar-refractivity contribution is 5.88. The summed E-state index contributed by atoms with van der Waals surface area (Å²) in [7, 11) is 0. The molecule has 134 valence electrons. The van der Waals surface area contributed by atoms with E-state index < -0.39 is 5.97 Å². The summed E-state index contributed by atoms with van der Waals surface area (Å²) in [6, 6.07) is 14.4. The molecule has 3 aromatic heterocycles. The number of hydrogen-bond acceptors (Lipinski definition) is 6. The van der Waals surface area contributed by atoms with Gasteiger partial charge in [-0.05, 0) is 31.2 Å². The Hall–Kier alpha value is -3.74. The first-order chi connectivity index (χ1) is 13.2. The smallest absolute Gasteiger partial charge is 0.358 e. The van der Waals surface area contributed by atoms with Crippen LogP contribution in [-0.4, -0.2) is 33.5 Å². The number of fused-ring (bicyclic) bond motifs is 1. The molecular formula is C20H15N3O4. The summed E-state index contributed by atoms with van der Waals surface area (Å²) in [4.78, 5) is 27.1. The Morgan fingerprint density at radius 3 is 2.81 bits per heavy atom. The summed E-state index contributed by atoms with van der Waals surface area (Å²) in [5.74, 6) is 0.379. The van der Waals surface area contributed by atoms with Crippen LogP contribution >= 0.6 is 0 Å². The third-order valence-corrected chi connectivity index (χ3v) is 4.03. The van der Waals surface area contributed by atoms with Crippen LogP contribution in [0.1, 0.15) is 28.0 Å². The van der Waals surface area contributed by atoms with E-state index in [4.69, 9.17) is 9.15 Å². The Morgan fingerprint density at radius 2 is 2.04 bits per heavy atom. The quantitative estimate of drug-likeness (QED) is 0.398. The lowest BCUT2D eigenvalue weighted by Gasteiger charge is -2.06. The van der Waals surface area contributed by atoms with E-state index in [1.807, 2.05) is 30.3 Å². The second-order valence-electron chi connectivity index (χ2n) is 5.75. The largest absolute Gasteiger partial charge is 0.461 e. The van der Waals surface area contributed by atoms with E-state index in [1.165, 1.54) is 0 Å². The lowest BCUT2D eigenvalue weighted by atomic mass is 10.1. The fourth-order valence-electron chi connectivity index (χ4n) is 2.82. The van der Waals surface area contributed by atoms with Crippen molar-refractivity contribution < 1.29 is 18.7 Å². The van der Waals surface area contributed by atoms with Crippen molar-refractivity contribution in [3.63, 3.8) is 0 Å². The van der Waals surface area contributed by atoms with Crippen molar-refractivity contribution in [1.29, 1.82) is 0 Å². The maximum atomic E-state index is 12.0. The fraction of sp³-hybridized carbons (Fsp3) is 0.100. The summed E-state index contributed by atoms with van der Waals surface area (Å²) >= 11 is 0. The number of furan rings is 1. The van der Waals surface area contributed by atoms with Crippen molar-refractivity contribution in [3.05, 3.63) is 66.2 Å². The average molecular weight is 361 g/mol. The van der Waals surface area contributed by atoms with Gasteiger partial charge >= 0.3 is 5.97 Å². The molecule has 1 aromatic carbocycles.